The molecule has 1 aliphatic carbocycles. The van der Waals surface area contributed by atoms with E-state index in [2.05, 4.69) is 5.48 Å². The minimum Gasteiger partial charge on any atom is -0.481 e. The molecule has 0 amide bonds. The van der Waals surface area contributed by atoms with Crippen molar-refractivity contribution in [2.45, 2.75) is 57.6 Å². The summed E-state index contributed by atoms with van der Waals surface area (Å²) in [6.07, 6.45) is 5.88. The van der Waals surface area contributed by atoms with E-state index in [9.17, 15) is 4.79 Å². The van der Waals surface area contributed by atoms with Crippen molar-refractivity contribution in [1.29, 1.82) is 0 Å². The molecule has 0 saturated heterocycles. The number of hydrogen-bond donors (Lipinski definition) is 2. The Morgan fingerprint density at radius 2 is 2.21 bits per heavy atom. The van der Waals surface area contributed by atoms with Crippen LogP contribution < -0.4 is 5.48 Å². The SMILES string of the molecule is CC(CCC(=O)O)NOC1CCCC1. The van der Waals surface area contributed by atoms with Crippen molar-refractivity contribution in [3.63, 3.8) is 0 Å². The quantitative estimate of drug-likeness (QED) is 0.642. The second-order valence-corrected chi connectivity index (χ2v) is 3.98. The zero-order chi connectivity index (χ0) is 10.4. The third kappa shape index (κ3) is 4.58. The average molecular weight is 201 g/mol. The molecule has 0 radical (unpaired) electrons. The van der Waals surface area contributed by atoms with Gasteiger partial charge in [-0.05, 0) is 26.2 Å². The second kappa shape index (κ2) is 5.98. The first-order chi connectivity index (χ1) is 6.68. The Morgan fingerprint density at radius 1 is 1.57 bits per heavy atom. The zero-order valence-corrected chi connectivity index (χ0v) is 8.66. The van der Waals surface area contributed by atoms with Gasteiger partial charge in [0.15, 0.2) is 0 Å². The standard InChI is InChI=1S/C10H19NO3/c1-8(6-7-10(12)13)11-14-9-4-2-3-5-9/h8-9,11H,2-7H2,1H3,(H,12,13). The van der Waals surface area contributed by atoms with Crippen molar-refractivity contribution in [2.75, 3.05) is 0 Å². The first-order valence-electron chi connectivity index (χ1n) is 5.31. The van der Waals surface area contributed by atoms with E-state index in [0.29, 0.717) is 12.5 Å². The van der Waals surface area contributed by atoms with Gasteiger partial charge in [-0.25, -0.2) is 0 Å². The highest BCUT2D eigenvalue weighted by molar-refractivity contribution is 5.66. The lowest BCUT2D eigenvalue weighted by Gasteiger charge is -2.16. The summed E-state index contributed by atoms with van der Waals surface area (Å²) in [4.78, 5) is 15.7. The molecule has 0 aliphatic heterocycles. The predicted molar refractivity (Wildman–Crippen MR) is 52.8 cm³/mol. The zero-order valence-electron chi connectivity index (χ0n) is 8.66. The molecule has 0 aromatic carbocycles. The third-order valence-electron chi connectivity index (χ3n) is 2.53. The van der Waals surface area contributed by atoms with Crippen molar-refractivity contribution >= 4 is 5.97 Å². The molecule has 82 valence electrons. The van der Waals surface area contributed by atoms with E-state index >= 15 is 0 Å². The van der Waals surface area contributed by atoms with Crippen molar-refractivity contribution in [3.05, 3.63) is 0 Å². The number of nitrogens with one attached hydrogen (secondary N) is 1. The summed E-state index contributed by atoms with van der Waals surface area (Å²) in [5, 5.41) is 8.47. The van der Waals surface area contributed by atoms with Gasteiger partial charge in [-0.2, -0.15) is 5.48 Å². The molecule has 4 nitrogen and oxygen atoms in total. The molecule has 0 aromatic heterocycles. The molecule has 1 unspecified atom stereocenters. The van der Waals surface area contributed by atoms with Crippen LogP contribution in [0.5, 0.6) is 0 Å². The number of hydroxylamine groups is 1. The molecular formula is C10H19NO3. The van der Waals surface area contributed by atoms with E-state index in [1.807, 2.05) is 6.92 Å². The van der Waals surface area contributed by atoms with Gasteiger partial charge in [-0.3, -0.25) is 9.63 Å². The molecule has 1 saturated carbocycles. The minimum atomic E-state index is -0.750. The fourth-order valence-corrected chi connectivity index (χ4v) is 1.62. The van der Waals surface area contributed by atoms with Crippen LogP contribution in [0.25, 0.3) is 0 Å². The van der Waals surface area contributed by atoms with Gasteiger partial charge in [0.2, 0.25) is 0 Å². The maximum atomic E-state index is 10.3. The highest BCUT2D eigenvalue weighted by atomic mass is 16.7. The number of carboxylic acids is 1. The second-order valence-electron chi connectivity index (χ2n) is 3.98. The van der Waals surface area contributed by atoms with Gasteiger partial charge in [-0.1, -0.05) is 12.8 Å². The first-order valence-corrected chi connectivity index (χ1v) is 5.31. The summed E-state index contributed by atoms with van der Waals surface area (Å²) in [7, 11) is 0. The summed E-state index contributed by atoms with van der Waals surface area (Å²) in [6, 6.07) is 0.117. The lowest BCUT2D eigenvalue weighted by molar-refractivity contribution is -0.137. The van der Waals surface area contributed by atoms with Crippen molar-refractivity contribution < 1.29 is 14.7 Å². The molecule has 1 rings (SSSR count). The topological polar surface area (TPSA) is 58.6 Å². The Morgan fingerprint density at radius 3 is 2.79 bits per heavy atom. The maximum absolute atomic E-state index is 10.3. The van der Waals surface area contributed by atoms with Gasteiger partial charge >= 0.3 is 5.97 Å². The van der Waals surface area contributed by atoms with E-state index in [4.69, 9.17) is 9.94 Å². The molecule has 0 heterocycles. The summed E-state index contributed by atoms with van der Waals surface area (Å²) in [5.74, 6) is -0.750. The Hall–Kier alpha value is -0.610. The number of hydrogen-bond acceptors (Lipinski definition) is 3. The van der Waals surface area contributed by atoms with E-state index in [-0.39, 0.29) is 12.5 Å². The van der Waals surface area contributed by atoms with Gasteiger partial charge in [0.25, 0.3) is 0 Å². The average Bonchev–Trinajstić information content (AvgIpc) is 2.63. The van der Waals surface area contributed by atoms with Crippen LogP contribution in [0.4, 0.5) is 0 Å². The molecule has 1 aliphatic rings. The monoisotopic (exact) mass is 201 g/mol. The third-order valence-corrected chi connectivity index (χ3v) is 2.53. The molecular weight excluding hydrogens is 182 g/mol. The fraction of sp³-hybridized carbons (Fsp3) is 0.900. The number of rotatable bonds is 6. The normalized spacial score (nSPS) is 19.8. The minimum absolute atomic E-state index is 0.117. The number of aliphatic carboxylic acids is 1. The number of carboxylic acid groups (broad SMARTS) is 1. The van der Waals surface area contributed by atoms with E-state index in [1.54, 1.807) is 0 Å². The van der Waals surface area contributed by atoms with Crippen LogP contribution in [0.15, 0.2) is 0 Å². The van der Waals surface area contributed by atoms with Crippen LogP contribution in [-0.2, 0) is 9.63 Å². The Bertz CT molecular complexity index is 178. The molecule has 14 heavy (non-hydrogen) atoms. The number of carbonyl (C=O) groups is 1. The van der Waals surface area contributed by atoms with Crippen molar-refractivity contribution in [2.24, 2.45) is 0 Å². The van der Waals surface area contributed by atoms with Crippen molar-refractivity contribution in [1.82, 2.24) is 5.48 Å². The summed E-state index contributed by atoms with van der Waals surface area (Å²) < 4.78 is 0. The molecule has 2 N–H and O–H groups in total. The highest BCUT2D eigenvalue weighted by Crippen LogP contribution is 2.20. The lowest BCUT2D eigenvalue weighted by atomic mass is 10.2. The summed E-state index contributed by atoms with van der Waals surface area (Å²) in [5.41, 5.74) is 2.92. The van der Waals surface area contributed by atoms with Gasteiger partial charge in [0, 0.05) is 12.5 Å². The van der Waals surface area contributed by atoms with Crippen molar-refractivity contribution in [3.8, 4) is 0 Å². The Balaban J connectivity index is 2.02. The van der Waals surface area contributed by atoms with Crippen LogP contribution in [0.3, 0.4) is 0 Å². The lowest BCUT2D eigenvalue weighted by Crippen LogP contribution is -2.30. The van der Waals surface area contributed by atoms with Crippen LogP contribution in [0.1, 0.15) is 45.4 Å². The molecule has 1 fully saturated rings. The highest BCUT2D eigenvalue weighted by Gasteiger charge is 2.16. The smallest absolute Gasteiger partial charge is 0.303 e. The Labute approximate surface area is 84.6 Å². The summed E-state index contributed by atoms with van der Waals surface area (Å²) in [6.45, 7) is 1.94. The van der Waals surface area contributed by atoms with Gasteiger partial charge < -0.3 is 5.11 Å². The maximum Gasteiger partial charge on any atom is 0.303 e. The van der Waals surface area contributed by atoms with Crippen LogP contribution in [-0.4, -0.2) is 23.2 Å². The predicted octanol–water partition coefficient (Wildman–Crippen LogP) is 1.70. The van der Waals surface area contributed by atoms with Crippen LogP contribution in [0, 0.1) is 0 Å². The summed E-state index contributed by atoms with van der Waals surface area (Å²) >= 11 is 0. The molecule has 0 aromatic rings. The molecule has 0 spiro atoms. The largest absolute Gasteiger partial charge is 0.481 e. The van der Waals surface area contributed by atoms with E-state index < -0.39 is 5.97 Å². The van der Waals surface area contributed by atoms with Gasteiger partial charge in [0.05, 0.1) is 6.10 Å². The fourth-order valence-electron chi connectivity index (χ4n) is 1.62. The van der Waals surface area contributed by atoms with E-state index in [1.165, 1.54) is 12.8 Å². The molecule has 0 bridgehead atoms. The molecule has 1 atom stereocenters. The first kappa shape index (κ1) is 11.5. The molecule has 4 heteroatoms. The van der Waals surface area contributed by atoms with Crippen LogP contribution in [0.2, 0.25) is 0 Å². The van der Waals surface area contributed by atoms with Gasteiger partial charge in [-0.15, -0.1) is 0 Å². The van der Waals surface area contributed by atoms with Gasteiger partial charge in [0.1, 0.15) is 0 Å². The van der Waals surface area contributed by atoms with E-state index in [0.717, 1.165) is 12.8 Å². The Kier molecular flexibility index (Phi) is 4.90. The van der Waals surface area contributed by atoms with Crippen LogP contribution >= 0.6 is 0 Å².